The second kappa shape index (κ2) is 5.38. The summed E-state index contributed by atoms with van der Waals surface area (Å²) in [5, 5.41) is 3.93. The molecule has 0 aliphatic heterocycles. The van der Waals surface area contributed by atoms with Crippen LogP contribution in [0.4, 0.5) is 0 Å². The second-order valence-corrected chi connectivity index (χ2v) is 4.22. The number of nitrogens with one attached hydrogen (secondary N) is 1. The van der Waals surface area contributed by atoms with Crippen LogP contribution in [0.25, 0.3) is 0 Å². The van der Waals surface area contributed by atoms with E-state index in [1.165, 1.54) is 0 Å². The molecule has 0 saturated carbocycles. The largest absolute Gasteiger partial charge is 0.489 e. The van der Waals surface area contributed by atoms with Gasteiger partial charge in [-0.1, -0.05) is 11.6 Å². The van der Waals surface area contributed by atoms with E-state index in [1.807, 2.05) is 39.1 Å². The van der Waals surface area contributed by atoms with Crippen LogP contribution in [0.15, 0.2) is 18.2 Å². The van der Waals surface area contributed by atoms with E-state index in [-0.39, 0.29) is 6.10 Å². The number of rotatable bonds is 4. The van der Waals surface area contributed by atoms with Crippen molar-refractivity contribution < 1.29 is 4.74 Å². The highest BCUT2D eigenvalue weighted by Crippen LogP contribution is 2.22. The lowest BCUT2D eigenvalue weighted by Crippen LogP contribution is -2.36. The minimum Gasteiger partial charge on any atom is -0.489 e. The number of ether oxygens (including phenoxy) is 1. The van der Waals surface area contributed by atoms with Crippen molar-refractivity contribution in [1.29, 1.82) is 0 Å². The summed E-state index contributed by atoms with van der Waals surface area (Å²) in [5.41, 5.74) is 1.04. The minimum absolute atomic E-state index is 0.135. The Hall–Kier alpha value is -0.730. The van der Waals surface area contributed by atoms with Gasteiger partial charge in [0.15, 0.2) is 0 Å². The van der Waals surface area contributed by atoms with Crippen molar-refractivity contribution in [3.63, 3.8) is 0 Å². The second-order valence-electron chi connectivity index (χ2n) is 3.81. The number of hydrogen-bond donors (Lipinski definition) is 1. The summed E-state index contributed by atoms with van der Waals surface area (Å²) in [7, 11) is 1.93. The van der Waals surface area contributed by atoms with Gasteiger partial charge in [-0.2, -0.15) is 0 Å². The maximum absolute atomic E-state index is 5.94. The minimum atomic E-state index is 0.135. The van der Waals surface area contributed by atoms with E-state index in [4.69, 9.17) is 16.3 Å². The maximum atomic E-state index is 5.94. The monoisotopic (exact) mass is 227 g/mol. The first-order valence-electron chi connectivity index (χ1n) is 5.14. The van der Waals surface area contributed by atoms with Crippen molar-refractivity contribution in [2.24, 2.45) is 0 Å². The van der Waals surface area contributed by atoms with Gasteiger partial charge in [0, 0.05) is 11.1 Å². The van der Waals surface area contributed by atoms with E-state index in [1.54, 1.807) is 0 Å². The van der Waals surface area contributed by atoms with Gasteiger partial charge in [-0.05, 0) is 51.6 Å². The highest BCUT2D eigenvalue weighted by Gasteiger charge is 2.11. The quantitative estimate of drug-likeness (QED) is 0.854. The summed E-state index contributed by atoms with van der Waals surface area (Å²) >= 11 is 5.94. The smallest absolute Gasteiger partial charge is 0.120 e. The van der Waals surface area contributed by atoms with Gasteiger partial charge in [-0.15, -0.1) is 0 Å². The molecule has 2 atom stereocenters. The van der Waals surface area contributed by atoms with E-state index in [2.05, 4.69) is 12.2 Å². The fraction of sp³-hybridized carbons (Fsp3) is 0.500. The summed E-state index contributed by atoms with van der Waals surface area (Å²) in [5.74, 6) is 0.867. The topological polar surface area (TPSA) is 21.3 Å². The van der Waals surface area contributed by atoms with Crippen LogP contribution >= 0.6 is 11.6 Å². The molecule has 0 spiro atoms. The zero-order valence-corrected chi connectivity index (χ0v) is 10.4. The molecule has 1 aromatic rings. The van der Waals surface area contributed by atoms with E-state index in [0.29, 0.717) is 6.04 Å². The van der Waals surface area contributed by atoms with E-state index in [0.717, 1.165) is 16.3 Å². The van der Waals surface area contributed by atoms with Crippen molar-refractivity contribution in [1.82, 2.24) is 5.32 Å². The zero-order valence-electron chi connectivity index (χ0n) is 9.67. The van der Waals surface area contributed by atoms with Crippen LogP contribution in [0.2, 0.25) is 5.02 Å². The molecule has 0 fully saturated rings. The lowest BCUT2D eigenvalue weighted by Gasteiger charge is -2.21. The molecular formula is C12H18ClNO. The fourth-order valence-corrected chi connectivity index (χ4v) is 1.36. The standard InChI is InChI=1S/C12H18ClNO/c1-8-7-11(5-6-12(8)13)15-10(3)9(2)14-4/h5-7,9-10,14H,1-4H3. The number of aryl methyl sites for hydroxylation is 1. The summed E-state index contributed by atoms with van der Waals surface area (Å²) < 4.78 is 5.78. The zero-order chi connectivity index (χ0) is 11.4. The Balaban J connectivity index is 2.68. The van der Waals surface area contributed by atoms with Gasteiger partial charge in [0.2, 0.25) is 0 Å². The SMILES string of the molecule is CNC(C)C(C)Oc1ccc(Cl)c(C)c1. The molecule has 0 aliphatic rings. The third-order valence-electron chi connectivity index (χ3n) is 2.61. The molecule has 0 aliphatic carbocycles. The van der Waals surface area contributed by atoms with Crippen molar-refractivity contribution in [3.8, 4) is 5.75 Å². The molecule has 3 heteroatoms. The van der Waals surface area contributed by atoms with Gasteiger partial charge in [-0.3, -0.25) is 0 Å². The third-order valence-corrected chi connectivity index (χ3v) is 3.03. The number of likely N-dealkylation sites (N-methyl/N-ethyl adjacent to an activating group) is 1. The fourth-order valence-electron chi connectivity index (χ4n) is 1.24. The Bertz CT molecular complexity index is 327. The molecule has 2 nitrogen and oxygen atoms in total. The van der Waals surface area contributed by atoms with Crippen LogP contribution in [-0.2, 0) is 0 Å². The maximum Gasteiger partial charge on any atom is 0.120 e. The average molecular weight is 228 g/mol. The Morgan fingerprint density at radius 1 is 1.33 bits per heavy atom. The first-order chi connectivity index (χ1) is 7.04. The molecule has 1 aromatic carbocycles. The van der Waals surface area contributed by atoms with E-state index >= 15 is 0 Å². The molecule has 84 valence electrons. The van der Waals surface area contributed by atoms with Gasteiger partial charge in [0.05, 0.1) is 0 Å². The van der Waals surface area contributed by atoms with Crippen LogP contribution < -0.4 is 10.1 Å². The summed E-state index contributed by atoms with van der Waals surface area (Å²) in [6.07, 6.45) is 0.135. The van der Waals surface area contributed by atoms with Crippen molar-refractivity contribution in [2.45, 2.75) is 32.9 Å². The Morgan fingerprint density at radius 3 is 2.53 bits per heavy atom. The molecule has 15 heavy (non-hydrogen) atoms. The molecule has 0 heterocycles. The summed E-state index contributed by atoms with van der Waals surface area (Å²) in [6.45, 7) is 6.11. The molecule has 1 N–H and O–H groups in total. The van der Waals surface area contributed by atoms with Gasteiger partial charge in [0.1, 0.15) is 11.9 Å². The van der Waals surface area contributed by atoms with Crippen LogP contribution in [0, 0.1) is 6.92 Å². The van der Waals surface area contributed by atoms with Crippen LogP contribution in [0.3, 0.4) is 0 Å². The van der Waals surface area contributed by atoms with Gasteiger partial charge in [-0.25, -0.2) is 0 Å². The van der Waals surface area contributed by atoms with Crippen LogP contribution in [0.1, 0.15) is 19.4 Å². The predicted octanol–water partition coefficient (Wildman–Crippen LogP) is 3.02. The Labute approximate surface area is 96.6 Å². The summed E-state index contributed by atoms with van der Waals surface area (Å²) in [6, 6.07) is 6.04. The van der Waals surface area contributed by atoms with Crippen molar-refractivity contribution in [3.05, 3.63) is 28.8 Å². The van der Waals surface area contributed by atoms with Gasteiger partial charge < -0.3 is 10.1 Å². The number of benzene rings is 1. The molecule has 1 rings (SSSR count). The van der Waals surface area contributed by atoms with Crippen molar-refractivity contribution in [2.75, 3.05) is 7.05 Å². The highest BCUT2D eigenvalue weighted by molar-refractivity contribution is 6.31. The molecule has 0 saturated heterocycles. The Kier molecular flexibility index (Phi) is 4.43. The van der Waals surface area contributed by atoms with Crippen molar-refractivity contribution >= 4 is 11.6 Å². The van der Waals surface area contributed by atoms with Gasteiger partial charge in [0.25, 0.3) is 0 Å². The molecule has 0 aromatic heterocycles. The molecule has 0 radical (unpaired) electrons. The predicted molar refractivity (Wildman–Crippen MR) is 64.8 cm³/mol. The van der Waals surface area contributed by atoms with Crippen LogP contribution in [0.5, 0.6) is 5.75 Å². The lowest BCUT2D eigenvalue weighted by atomic mass is 10.2. The average Bonchev–Trinajstić information content (AvgIpc) is 2.22. The third kappa shape index (κ3) is 3.40. The van der Waals surface area contributed by atoms with Crippen LogP contribution in [-0.4, -0.2) is 19.2 Å². The molecular weight excluding hydrogens is 210 g/mol. The molecule has 0 amide bonds. The highest BCUT2D eigenvalue weighted by atomic mass is 35.5. The first kappa shape index (κ1) is 12.3. The van der Waals surface area contributed by atoms with Gasteiger partial charge >= 0.3 is 0 Å². The lowest BCUT2D eigenvalue weighted by molar-refractivity contribution is 0.182. The van der Waals surface area contributed by atoms with E-state index < -0.39 is 0 Å². The molecule has 0 bridgehead atoms. The van der Waals surface area contributed by atoms with E-state index in [9.17, 15) is 0 Å². The Morgan fingerprint density at radius 2 is 2.00 bits per heavy atom. The normalized spacial score (nSPS) is 14.7. The summed E-state index contributed by atoms with van der Waals surface area (Å²) in [4.78, 5) is 0. The number of halogens is 1. The number of hydrogen-bond acceptors (Lipinski definition) is 2. The first-order valence-corrected chi connectivity index (χ1v) is 5.52. The molecule has 2 unspecified atom stereocenters.